The number of hydrogen-bond acceptors (Lipinski definition) is 2. The van der Waals surface area contributed by atoms with E-state index in [1.165, 1.54) is 23.4 Å². The van der Waals surface area contributed by atoms with E-state index in [-0.39, 0.29) is 5.82 Å². The molecule has 0 saturated carbocycles. The van der Waals surface area contributed by atoms with E-state index in [1.807, 2.05) is 6.07 Å². The Balaban J connectivity index is 1.93. The van der Waals surface area contributed by atoms with Crippen LogP contribution in [-0.4, -0.2) is 6.54 Å². The molecular weight excluding hydrogens is 263 g/mol. The Kier molecular flexibility index (Phi) is 3.87. The van der Waals surface area contributed by atoms with Crippen LogP contribution in [0.25, 0.3) is 0 Å². The Labute approximate surface area is 124 Å². The minimum Gasteiger partial charge on any atom is -0.367 e. The maximum absolute atomic E-state index is 14.0. The second kappa shape index (κ2) is 5.97. The van der Waals surface area contributed by atoms with Crippen molar-refractivity contribution < 1.29 is 4.39 Å². The molecule has 0 amide bonds. The Bertz CT molecular complexity index is 688. The maximum Gasteiger partial charge on any atom is 0.128 e. The first-order chi connectivity index (χ1) is 10.3. The molecule has 0 N–H and O–H groups in total. The van der Waals surface area contributed by atoms with Gasteiger partial charge in [0.2, 0.25) is 0 Å². The summed E-state index contributed by atoms with van der Waals surface area (Å²) in [5, 5.41) is 8.98. The Morgan fingerprint density at radius 1 is 1.14 bits per heavy atom. The van der Waals surface area contributed by atoms with E-state index < -0.39 is 0 Å². The summed E-state index contributed by atoms with van der Waals surface area (Å²) >= 11 is 0. The van der Waals surface area contributed by atoms with Gasteiger partial charge in [-0.15, -0.1) is 0 Å². The molecule has 0 spiro atoms. The lowest BCUT2D eigenvalue weighted by Crippen LogP contribution is -2.24. The minimum atomic E-state index is -0.240. The van der Waals surface area contributed by atoms with Crippen LogP contribution in [-0.2, 0) is 13.0 Å². The first kappa shape index (κ1) is 13.6. The van der Waals surface area contributed by atoms with Crippen LogP contribution in [0.15, 0.2) is 42.5 Å². The van der Waals surface area contributed by atoms with Gasteiger partial charge in [0.25, 0.3) is 0 Å². The summed E-state index contributed by atoms with van der Waals surface area (Å²) in [5.74, 6) is -0.240. The highest BCUT2D eigenvalue weighted by atomic mass is 19.1. The summed E-state index contributed by atoms with van der Waals surface area (Å²) in [6.45, 7) is 1.44. The second-order valence-electron chi connectivity index (χ2n) is 5.43. The Morgan fingerprint density at radius 3 is 2.86 bits per heavy atom. The molecule has 0 unspecified atom stereocenters. The summed E-state index contributed by atoms with van der Waals surface area (Å²) in [4.78, 5) is 2.22. The summed E-state index contributed by atoms with van der Waals surface area (Å²) in [6.07, 6.45) is 3.34. The van der Waals surface area contributed by atoms with Crippen LogP contribution in [0.4, 0.5) is 10.1 Å². The van der Waals surface area contributed by atoms with E-state index in [9.17, 15) is 4.39 Å². The molecule has 1 aliphatic rings. The standard InChI is InChI=1S/C18H17FN2/c19-17-9-8-14(12-20)11-16(17)13-21-10-4-3-6-15-5-1-2-7-18(15)21/h1-2,5,7-9,11H,3-4,6,10,13H2. The fourth-order valence-electron chi connectivity index (χ4n) is 2.90. The average molecular weight is 280 g/mol. The number of rotatable bonds is 2. The summed E-state index contributed by atoms with van der Waals surface area (Å²) in [6, 6.07) is 15.0. The highest BCUT2D eigenvalue weighted by Gasteiger charge is 2.16. The molecule has 21 heavy (non-hydrogen) atoms. The summed E-state index contributed by atoms with van der Waals surface area (Å²) in [5.41, 5.74) is 3.61. The van der Waals surface area contributed by atoms with Crippen molar-refractivity contribution in [1.29, 1.82) is 5.26 Å². The van der Waals surface area contributed by atoms with Crippen LogP contribution < -0.4 is 4.90 Å². The molecule has 2 nitrogen and oxygen atoms in total. The molecule has 1 heterocycles. The van der Waals surface area contributed by atoms with Gasteiger partial charge < -0.3 is 4.90 Å². The maximum atomic E-state index is 14.0. The van der Waals surface area contributed by atoms with Gasteiger partial charge in [-0.05, 0) is 49.1 Å². The topological polar surface area (TPSA) is 27.0 Å². The molecule has 0 saturated heterocycles. The minimum absolute atomic E-state index is 0.240. The SMILES string of the molecule is N#Cc1ccc(F)c(CN2CCCCc3ccccc32)c1. The van der Waals surface area contributed by atoms with Gasteiger partial charge in [-0.2, -0.15) is 5.26 Å². The predicted molar refractivity (Wildman–Crippen MR) is 81.5 cm³/mol. The van der Waals surface area contributed by atoms with Crippen LogP contribution in [0.3, 0.4) is 0 Å². The molecule has 2 aromatic carbocycles. The molecule has 2 aromatic rings. The zero-order chi connectivity index (χ0) is 14.7. The predicted octanol–water partition coefficient (Wildman–Crippen LogP) is 4.04. The molecule has 0 aliphatic carbocycles. The molecule has 0 bridgehead atoms. The molecule has 3 rings (SSSR count). The first-order valence-corrected chi connectivity index (χ1v) is 7.29. The van der Waals surface area contributed by atoms with Gasteiger partial charge >= 0.3 is 0 Å². The molecular formula is C18H17FN2. The molecule has 1 aliphatic heterocycles. The smallest absolute Gasteiger partial charge is 0.128 e. The number of anilines is 1. The van der Waals surface area contributed by atoms with Gasteiger partial charge in [0.1, 0.15) is 5.82 Å². The molecule has 3 heteroatoms. The fraction of sp³-hybridized carbons (Fsp3) is 0.278. The van der Waals surface area contributed by atoms with Crippen molar-refractivity contribution in [1.82, 2.24) is 0 Å². The molecule has 0 atom stereocenters. The monoisotopic (exact) mass is 280 g/mol. The van der Waals surface area contributed by atoms with Gasteiger partial charge in [-0.1, -0.05) is 18.2 Å². The van der Waals surface area contributed by atoms with Crippen LogP contribution in [0.5, 0.6) is 0 Å². The van der Waals surface area contributed by atoms with E-state index in [0.29, 0.717) is 17.7 Å². The fourth-order valence-corrected chi connectivity index (χ4v) is 2.90. The van der Waals surface area contributed by atoms with E-state index in [2.05, 4.69) is 29.2 Å². The van der Waals surface area contributed by atoms with Gasteiger partial charge in [0, 0.05) is 24.3 Å². The molecule has 0 radical (unpaired) electrons. The number of benzene rings is 2. The highest BCUT2D eigenvalue weighted by Crippen LogP contribution is 2.28. The van der Waals surface area contributed by atoms with Crippen molar-refractivity contribution in [2.24, 2.45) is 0 Å². The number of nitriles is 1. The van der Waals surface area contributed by atoms with Gasteiger partial charge in [0.15, 0.2) is 0 Å². The third-order valence-electron chi connectivity index (χ3n) is 3.99. The van der Waals surface area contributed by atoms with Crippen molar-refractivity contribution in [3.63, 3.8) is 0 Å². The van der Waals surface area contributed by atoms with Crippen LogP contribution in [0.2, 0.25) is 0 Å². The van der Waals surface area contributed by atoms with E-state index in [1.54, 1.807) is 6.07 Å². The van der Waals surface area contributed by atoms with Crippen molar-refractivity contribution in [2.75, 3.05) is 11.4 Å². The zero-order valence-corrected chi connectivity index (χ0v) is 11.8. The van der Waals surface area contributed by atoms with E-state index >= 15 is 0 Å². The van der Waals surface area contributed by atoms with Gasteiger partial charge in [0.05, 0.1) is 11.6 Å². The van der Waals surface area contributed by atoms with Crippen molar-refractivity contribution in [2.45, 2.75) is 25.8 Å². The number of para-hydroxylation sites is 1. The average Bonchev–Trinajstić information content (AvgIpc) is 2.72. The summed E-state index contributed by atoms with van der Waals surface area (Å²) < 4.78 is 14.0. The number of halogens is 1. The van der Waals surface area contributed by atoms with E-state index in [4.69, 9.17) is 5.26 Å². The number of aryl methyl sites for hydroxylation is 1. The molecule has 0 fully saturated rings. The number of nitrogens with zero attached hydrogens (tertiary/aromatic N) is 2. The van der Waals surface area contributed by atoms with Crippen LogP contribution >= 0.6 is 0 Å². The lowest BCUT2D eigenvalue weighted by Gasteiger charge is -2.25. The second-order valence-corrected chi connectivity index (χ2v) is 5.43. The third-order valence-corrected chi connectivity index (χ3v) is 3.99. The first-order valence-electron chi connectivity index (χ1n) is 7.29. The summed E-state index contributed by atoms with van der Waals surface area (Å²) in [7, 11) is 0. The number of hydrogen-bond donors (Lipinski definition) is 0. The lowest BCUT2D eigenvalue weighted by atomic mass is 10.1. The quantitative estimate of drug-likeness (QED) is 0.830. The van der Waals surface area contributed by atoms with Crippen molar-refractivity contribution >= 4 is 5.69 Å². The molecule has 0 aromatic heterocycles. The van der Waals surface area contributed by atoms with Crippen molar-refractivity contribution in [3.8, 4) is 6.07 Å². The lowest BCUT2D eigenvalue weighted by molar-refractivity contribution is 0.601. The number of fused-ring (bicyclic) bond motifs is 1. The van der Waals surface area contributed by atoms with Crippen LogP contribution in [0, 0.1) is 17.1 Å². The van der Waals surface area contributed by atoms with E-state index in [0.717, 1.165) is 25.8 Å². The third kappa shape index (κ3) is 2.90. The normalized spacial score (nSPS) is 14.2. The van der Waals surface area contributed by atoms with Crippen LogP contribution in [0.1, 0.15) is 29.5 Å². The Hall–Kier alpha value is -2.34. The molecule has 106 valence electrons. The van der Waals surface area contributed by atoms with Gasteiger partial charge in [-0.25, -0.2) is 4.39 Å². The Morgan fingerprint density at radius 2 is 2.00 bits per heavy atom. The largest absolute Gasteiger partial charge is 0.367 e. The van der Waals surface area contributed by atoms with Crippen molar-refractivity contribution in [3.05, 3.63) is 65.0 Å². The highest BCUT2D eigenvalue weighted by molar-refractivity contribution is 5.55. The zero-order valence-electron chi connectivity index (χ0n) is 11.8. The van der Waals surface area contributed by atoms with Gasteiger partial charge in [-0.3, -0.25) is 0 Å².